The van der Waals surface area contributed by atoms with E-state index in [0.29, 0.717) is 17.9 Å². The molecule has 0 atom stereocenters. The highest BCUT2D eigenvalue weighted by Gasteiger charge is 2.14. The molecule has 3 aromatic heterocycles. The Balaban J connectivity index is 1.50. The molecule has 2 N–H and O–H groups in total. The molecule has 0 aliphatic heterocycles. The summed E-state index contributed by atoms with van der Waals surface area (Å²) in [5, 5.41) is 17.1. The molecule has 3 heterocycles. The van der Waals surface area contributed by atoms with Crippen LogP contribution in [-0.4, -0.2) is 40.2 Å². The first-order valence-corrected chi connectivity index (χ1v) is 10.1. The van der Waals surface area contributed by atoms with E-state index in [-0.39, 0.29) is 5.69 Å². The SMILES string of the molecule is CCCc1ncn2[nH]c(=O)nc2c1Cc1ccc(-c2ccccc2-c2nn[nH]n2)cc1. The van der Waals surface area contributed by atoms with Gasteiger partial charge in [0.15, 0.2) is 5.65 Å². The standard InChI is InChI=1S/C22H20N8O/c1-2-5-19-18(21-24-22(31)27-30(21)13-23-19)12-14-8-10-15(11-9-14)16-6-3-4-7-17(16)20-25-28-29-26-20/h3-4,6-11,13H,2,5,12H2,1H3,(H,27,31)(H,25,26,28,29). The lowest BCUT2D eigenvalue weighted by molar-refractivity contribution is 0.819. The van der Waals surface area contributed by atoms with Gasteiger partial charge in [0.25, 0.3) is 0 Å². The third-order valence-electron chi connectivity index (χ3n) is 5.24. The van der Waals surface area contributed by atoms with Crippen molar-refractivity contribution in [1.29, 1.82) is 0 Å². The van der Waals surface area contributed by atoms with Crippen molar-refractivity contribution in [3.05, 3.63) is 82.2 Å². The first-order chi connectivity index (χ1) is 15.2. The normalized spacial score (nSPS) is 11.3. The van der Waals surface area contributed by atoms with Gasteiger partial charge in [-0.15, -0.1) is 10.2 Å². The largest absolute Gasteiger partial charge is 0.362 e. The molecular formula is C22H20N8O. The first-order valence-electron chi connectivity index (χ1n) is 10.1. The second-order valence-electron chi connectivity index (χ2n) is 7.30. The Morgan fingerprint density at radius 2 is 1.84 bits per heavy atom. The fourth-order valence-electron chi connectivity index (χ4n) is 3.81. The number of aromatic amines is 2. The van der Waals surface area contributed by atoms with Crippen molar-refractivity contribution in [3.63, 3.8) is 0 Å². The summed E-state index contributed by atoms with van der Waals surface area (Å²) >= 11 is 0. The van der Waals surface area contributed by atoms with E-state index < -0.39 is 0 Å². The van der Waals surface area contributed by atoms with Crippen LogP contribution >= 0.6 is 0 Å². The number of hydrogen-bond donors (Lipinski definition) is 2. The van der Waals surface area contributed by atoms with E-state index in [1.807, 2.05) is 24.3 Å². The Kier molecular flexibility index (Phi) is 4.83. The number of H-pyrrole nitrogens is 2. The Labute approximate surface area is 177 Å². The van der Waals surface area contributed by atoms with Gasteiger partial charge in [-0.25, -0.2) is 19.4 Å². The minimum Gasteiger partial charge on any atom is -0.244 e. The lowest BCUT2D eigenvalue weighted by Crippen LogP contribution is -2.04. The minimum absolute atomic E-state index is 0.370. The zero-order chi connectivity index (χ0) is 21.2. The molecule has 5 rings (SSSR count). The fourth-order valence-corrected chi connectivity index (χ4v) is 3.81. The number of aryl methyl sites for hydroxylation is 1. The van der Waals surface area contributed by atoms with Crippen LogP contribution in [0.5, 0.6) is 0 Å². The quantitative estimate of drug-likeness (QED) is 0.443. The van der Waals surface area contributed by atoms with E-state index in [9.17, 15) is 4.79 Å². The summed E-state index contributed by atoms with van der Waals surface area (Å²) in [6, 6.07) is 16.3. The third-order valence-corrected chi connectivity index (χ3v) is 5.24. The number of rotatable bonds is 6. The van der Waals surface area contributed by atoms with E-state index in [0.717, 1.165) is 46.4 Å². The molecule has 0 bridgehead atoms. The second-order valence-corrected chi connectivity index (χ2v) is 7.30. The van der Waals surface area contributed by atoms with Crippen LogP contribution in [-0.2, 0) is 12.8 Å². The van der Waals surface area contributed by atoms with Gasteiger partial charge in [-0.05, 0) is 28.3 Å². The minimum atomic E-state index is -0.370. The van der Waals surface area contributed by atoms with Gasteiger partial charge in [-0.1, -0.05) is 61.9 Å². The molecule has 0 fully saturated rings. The Morgan fingerprint density at radius 1 is 1.03 bits per heavy atom. The number of hydrogen-bond acceptors (Lipinski definition) is 6. The molecule has 0 saturated heterocycles. The zero-order valence-electron chi connectivity index (χ0n) is 16.9. The van der Waals surface area contributed by atoms with Crippen LogP contribution < -0.4 is 5.69 Å². The maximum atomic E-state index is 11.8. The van der Waals surface area contributed by atoms with Crippen molar-refractivity contribution < 1.29 is 0 Å². The molecule has 0 saturated carbocycles. The van der Waals surface area contributed by atoms with Crippen molar-refractivity contribution in [2.75, 3.05) is 0 Å². The molecule has 0 aliphatic rings. The van der Waals surface area contributed by atoms with E-state index >= 15 is 0 Å². The van der Waals surface area contributed by atoms with Crippen molar-refractivity contribution >= 4 is 5.65 Å². The maximum Gasteiger partial charge on any atom is 0.362 e. The van der Waals surface area contributed by atoms with Gasteiger partial charge in [-0.2, -0.15) is 10.2 Å². The summed E-state index contributed by atoms with van der Waals surface area (Å²) in [7, 11) is 0. The van der Waals surface area contributed by atoms with Crippen LogP contribution in [0.4, 0.5) is 0 Å². The summed E-state index contributed by atoms with van der Waals surface area (Å²) in [5.74, 6) is 0.561. The number of nitrogens with one attached hydrogen (secondary N) is 2. The first kappa shape index (κ1) is 18.9. The second kappa shape index (κ2) is 7.94. The predicted molar refractivity (Wildman–Crippen MR) is 115 cm³/mol. The summed E-state index contributed by atoms with van der Waals surface area (Å²) < 4.78 is 1.59. The van der Waals surface area contributed by atoms with E-state index in [2.05, 4.69) is 66.9 Å². The monoisotopic (exact) mass is 412 g/mol. The van der Waals surface area contributed by atoms with Crippen molar-refractivity contribution in [3.8, 4) is 22.5 Å². The number of nitrogens with zero attached hydrogens (tertiary/aromatic N) is 6. The van der Waals surface area contributed by atoms with Gasteiger partial charge in [0.05, 0.1) is 0 Å². The number of benzene rings is 2. The molecule has 154 valence electrons. The average molecular weight is 412 g/mol. The molecule has 9 nitrogen and oxygen atoms in total. The summed E-state index contributed by atoms with van der Waals surface area (Å²) in [5.41, 5.74) is 6.33. The lowest BCUT2D eigenvalue weighted by atomic mass is 9.96. The smallest absolute Gasteiger partial charge is 0.244 e. The number of tetrazole rings is 1. The highest BCUT2D eigenvalue weighted by Crippen LogP contribution is 2.30. The van der Waals surface area contributed by atoms with E-state index in [1.165, 1.54) is 0 Å². The molecular weight excluding hydrogens is 392 g/mol. The van der Waals surface area contributed by atoms with Gasteiger partial charge in [0.1, 0.15) is 6.33 Å². The van der Waals surface area contributed by atoms with E-state index in [1.54, 1.807) is 10.8 Å². The molecule has 5 aromatic rings. The molecule has 2 aromatic carbocycles. The topological polar surface area (TPSA) is 118 Å². The van der Waals surface area contributed by atoms with Crippen LogP contribution in [0.3, 0.4) is 0 Å². The van der Waals surface area contributed by atoms with Crippen LogP contribution in [0.15, 0.2) is 59.7 Å². The van der Waals surface area contributed by atoms with Crippen molar-refractivity contribution in [2.24, 2.45) is 0 Å². The zero-order valence-corrected chi connectivity index (χ0v) is 16.9. The van der Waals surface area contributed by atoms with Gasteiger partial charge in [0.2, 0.25) is 5.82 Å². The fraction of sp³-hybridized carbons (Fsp3) is 0.182. The van der Waals surface area contributed by atoms with Crippen LogP contribution in [0.25, 0.3) is 28.2 Å². The average Bonchev–Trinajstić information content (AvgIpc) is 3.45. The Bertz CT molecular complexity index is 1380. The van der Waals surface area contributed by atoms with Gasteiger partial charge in [-0.3, -0.25) is 0 Å². The van der Waals surface area contributed by atoms with Crippen LogP contribution in [0, 0.1) is 0 Å². The number of aromatic nitrogens is 8. The highest BCUT2D eigenvalue weighted by molar-refractivity contribution is 5.80. The molecule has 0 aliphatic carbocycles. The Morgan fingerprint density at radius 3 is 2.58 bits per heavy atom. The Hall–Kier alpha value is -4.14. The van der Waals surface area contributed by atoms with Gasteiger partial charge >= 0.3 is 5.69 Å². The number of fused-ring (bicyclic) bond motifs is 1. The lowest BCUT2D eigenvalue weighted by Gasteiger charge is -2.11. The molecule has 0 unspecified atom stereocenters. The summed E-state index contributed by atoms with van der Waals surface area (Å²) in [4.78, 5) is 20.4. The van der Waals surface area contributed by atoms with Crippen molar-refractivity contribution in [1.82, 2.24) is 40.2 Å². The predicted octanol–water partition coefficient (Wildman–Crippen LogP) is 2.81. The molecule has 9 heteroatoms. The molecule has 31 heavy (non-hydrogen) atoms. The molecule has 0 spiro atoms. The van der Waals surface area contributed by atoms with Crippen molar-refractivity contribution in [2.45, 2.75) is 26.2 Å². The van der Waals surface area contributed by atoms with Crippen LogP contribution in [0.1, 0.15) is 30.2 Å². The molecule has 0 radical (unpaired) electrons. The van der Waals surface area contributed by atoms with Gasteiger partial charge in [0, 0.05) is 23.2 Å². The summed E-state index contributed by atoms with van der Waals surface area (Å²) in [6.07, 6.45) is 4.07. The van der Waals surface area contributed by atoms with Gasteiger partial charge < -0.3 is 0 Å². The van der Waals surface area contributed by atoms with E-state index in [4.69, 9.17) is 0 Å². The molecule has 0 amide bonds. The maximum absolute atomic E-state index is 11.8. The van der Waals surface area contributed by atoms with Crippen LogP contribution in [0.2, 0.25) is 0 Å². The highest BCUT2D eigenvalue weighted by atomic mass is 16.1. The summed E-state index contributed by atoms with van der Waals surface area (Å²) in [6.45, 7) is 2.11. The third kappa shape index (κ3) is 3.61.